The quantitative estimate of drug-likeness (QED) is 0.819. The van der Waals surface area contributed by atoms with Gasteiger partial charge in [0, 0.05) is 19.1 Å². The molecular weight excluding hydrogens is 231 g/mol. The molecule has 4 heteroatoms. The molecule has 2 fully saturated rings. The summed E-state index contributed by atoms with van der Waals surface area (Å²) in [7, 11) is 0. The summed E-state index contributed by atoms with van der Waals surface area (Å²) in [6.45, 7) is 2.49. The average molecular weight is 248 g/mol. The summed E-state index contributed by atoms with van der Waals surface area (Å²) in [6, 6.07) is 6.62. The monoisotopic (exact) mass is 248 g/mol. The van der Waals surface area contributed by atoms with Crippen molar-refractivity contribution in [3.8, 4) is 0 Å². The third-order valence-electron chi connectivity index (χ3n) is 3.99. The van der Waals surface area contributed by atoms with Crippen molar-refractivity contribution in [1.29, 1.82) is 0 Å². The Hall–Kier alpha value is -1.42. The molecule has 0 saturated carbocycles. The largest absolute Gasteiger partial charge is 0.337 e. The Balaban J connectivity index is 1.76. The molecule has 18 heavy (non-hydrogen) atoms. The lowest BCUT2D eigenvalue weighted by Gasteiger charge is -2.24. The van der Waals surface area contributed by atoms with E-state index in [0.29, 0.717) is 18.5 Å². The van der Waals surface area contributed by atoms with Gasteiger partial charge in [0.15, 0.2) is 0 Å². The summed E-state index contributed by atoms with van der Waals surface area (Å²) in [4.78, 5) is 14.1. The second-order valence-electron chi connectivity index (χ2n) is 5.15. The van der Waals surface area contributed by atoms with E-state index in [1.807, 2.05) is 0 Å². The molecule has 1 aromatic rings. The van der Waals surface area contributed by atoms with E-state index in [4.69, 9.17) is 0 Å². The molecule has 2 unspecified atom stereocenters. The summed E-state index contributed by atoms with van der Waals surface area (Å²) < 4.78 is 13.6. The van der Waals surface area contributed by atoms with Crippen LogP contribution in [0.5, 0.6) is 0 Å². The Labute approximate surface area is 106 Å². The van der Waals surface area contributed by atoms with E-state index < -0.39 is 5.82 Å². The van der Waals surface area contributed by atoms with E-state index in [2.05, 4.69) is 5.32 Å². The molecule has 3 nitrogen and oxygen atoms in total. The fraction of sp³-hybridized carbons (Fsp3) is 0.500. The fourth-order valence-electron chi connectivity index (χ4n) is 3.02. The molecule has 2 aliphatic rings. The molecule has 0 aliphatic carbocycles. The van der Waals surface area contributed by atoms with Crippen LogP contribution in [-0.2, 0) is 0 Å². The van der Waals surface area contributed by atoms with Gasteiger partial charge < -0.3 is 10.2 Å². The van der Waals surface area contributed by atoms with Crippen molar-refractivity contribution < 1.29 is 9.18 Å². The molecule has 1 aromatic carbocycles. The minimum atomic E-state index is -0.426. The van der Waals surface area contributed by atoms with E-state index >= 15 is 0 Å². The van der Waals surface area contributed by atoms with Crippen LogP contribution in [0.3, 0.4) is 0 Å². The first-order valence-electron chi connectivity index (χ1n) is 6.53. The number of benzene rings is 1. The average Bonchev–Trinajstić information content (AvgIpc) is 2.82. The molecule has 0 spiro atoms. The second-order valence-corrected chi connectivity index (χ2v) is 5.15. The zero-order valence-electron chi connectivity index (χ0n) is 10.2. The van der Waals surface area contributed by atoms with Crippen molar-refractivity contribution in [2.24, 2.45) is 5.92 Å². The Morgan fingerprint density at radius 1 is 1.33 bits per heavy atom. The van der Waals surface area contributed by atoms with Gasteiger partial charge >= 0.3 is 0 Å². The van der Waals surface area contributed by atoms with Gasteiger partial charge in [-0.2, -0.15) is 0 Å². The first-order chi connectivity index (χ1) is 8.75. The minimum absolute atomic E-state index is 0.177. The number of hydrogen-bond donors (Lipinski definition) is 1. The lowest BCUT2D eigenvalue weighted by molar-refractivity contribution is 0.0781. The number of amides is 1. The van der Waals surface area contributed by atoms with Crippen LogP contribution in [0.2, 0.25) is 0 Å². The number of nitrogens with zero attached hydrogens (tertiary/aromatic N) is 1. The number of piperidine rings is 1. The zero-order valence-corrected chi connectivity index (χ0v) is 10.2. The van der Waals surface area contributed by atoms with Crippen molar-refractivity contribution in [3.05, 3.63) is 35.6 Å². The maximum atomic E-state index is 13.6. The number of hydrogen-bond acceptors (Lipinski definition) is 2. The minimum Gasteiger partial charge on any atom is -0.337 e. The lowest BCUT2D eigenvalue weighted by Crippen LogP contribution is -2.41. The maximum Gasteiger partial charge on any atom is 0.256 e. The van der Waals surface area contributed by atoms with Gasteiger partial charge in [-0.05, 0) is 37.4 Å². The van der Waals surface area contributed by atoms with E-state index in [1.54, 1.807) is 23.1 Å². The van der Waals surface area contributed by atoms with Crippen molar-refractivity contribution in [2.75, 3.05) is 19.6 Å². The van der Waals surface area contributed by atoms with Crippen LogP contribution in [0.1, 0.15) is 23.2 Å². The summed E-state index contributed by atoms with van der Waals surface area (Å²) in [5.41, 5.74) is 0.191. The Kier molecular flexibility index (Phi) is 3.04. The molecule has 0 radical (unpaired) electrons. The Morgan fingerprint density at radius 3 is 2.94 bits per heavy atom. The van der Waals surface area contributed by atoms with Crippen LogP contribution in [0.4, 0.5) is 4.39 Å². The number of halogens is 1. The molecule has 2 aliphatic heterocycles. The third-order valence-corrected chi connectivity index (χ3v) is 3.99. The standard InChI is InChI=1S/C14H17FN2O/c15-12-6-2-1-5-11(12)14(18)17-8-10-4-3-7-16-13(10)9-17/h1-2,5-6,10,13,16H,3-4,7-9H2. The zero-order chi connectivity index (χ0) is 12.5. The third kappa shape index (κ3) is 2.01. The summed E-state index contributed by atoms with van der Waals surface area (Å²) in [5.74, 6) is -0.0656. The fourth-order valence-corrected chi connectivity index (χ4v) is 3.02. The van der Waals surface area contributed by atoms with Crippen LogP contribution in [0, 0.1) is 11.7 Å². The van der Waals surface area contributed by atoms with Gasteiger partial charge in [0.25, 0.3) is 5.91 Å². The van der Waals surface area contributed by atoms with Gasteiger partial charge in [-0.1, -0.05) is 12.1 Å². The highest BCUT2D eigenvalue weighted by Gasteiger charge is 2.37. The first-order valence-corrected chi connectivity index (χ1v) is 6.53. The first kappa shape index (κ1) is 11.7. The number of likely N-dealkylation sites (tertiary alicyclic amines) is 1. The number of carbonyl (C=O) groups is 1. The highest BCUT2D eigenvalue weighted by Crippen LogP contribution is 2.26. The summed E-state index contributed by atoms with van der Waals surface area (Å²) in [5, 5.41) is 3.44. The Morgan fingerprint density at radius 2 is 2.17 bits per heavy atom. The van der Waals surface area contributed by atoms with Gasteiger partial charge in [-0.15, -0.1) is 0 Å². The molecule has 2 saturated heterocycles. The van der Waals surface area contributed by atoms with Gasteiger partial charge in [-0.3, -0.25) is 4.79 Å². The molecule has 3 rings (SSSR count). The number of nitrogens with one attached hydrogen (secondary N) is 1. The smallest absolute Gasteiger partial charge is 0.256 e. The molecule has 0 aromatic heterocycles. The van der Waals surface area contributed by atoms with E-state index in [1.165, 1.54) is 18.9 Å². The molecule has 1 amide bonds. The van der Waals surface area contributed by atoms with E-state index in [9.17, 15) is 9.18 Å². The van der Waals surface area contributed by atoms with Gasteiger partial charge in [0.05, 0.1) is 5.56 Å². The van der Waals surface area contributed by atoms with Gasteiger partial charge in [0.2, 0.25) is 0 Å². The molecule has 1 N–H and O–H groups in total. The number of carbonyl (C=O) groups excluding carboxylic acids is 1. The van der Waals surface area contributed by atoms with Crippen molar-refractivity contribution in [1.82, 2.24) is 10.2 Å². The highest BCUT2D eigenvalue weighted by atomic mass is 19.1. The van der Waals surface area contributed by atoms with Crippen molar-refractivity contribution in [3.63, 3.8) is 0 Å². The predicted molar refractivity (Wildman–Crippen MR) is 66.8 cm³/mol. The number of fused-ring (bicyclic) bond motifs is 1. The van der Waals surface area contributed by atoms with E-state index in [-0.39, 0.29) is 11.5 Å². The van der Waals surface area contributed by atoms with Crippen LogP contribution in [0.25, 0.3) is 0 Å². The normalized spacial score (nSPS) is 27.1. The SMILES string of the molecule is O=C(c1ccccc1F)N1CC2CCCNC2C1. The second kappa shape index (κ2) is 4.69. The van der Waals surface area contributed by atoms with Crippen LogP contribution in [-0.4, -0.2) is 36.5 Å². The molecule has 2 heterocycles. The molecule has 0 bridgehead atoms. The van der Waals surface area contributed by atoms with Crippen LogP contribution in [0.15, 0.2) is 24.3 Å². The van der Waals surface area contributed by atoms with Crippen molar-refractivity contribution in [2.45, 2.75) is 18.9 Å². The number of rotatable bonds is 1. The maximum absolute atomic E-state index is 13.6. The molecular formula is C14H17FN2O. The lowest BCUT2D eigenvalue weighted by atomic mass is 9.94. The van der Waals surface area contributed by atoms with Crippen molar-refractivity contribution >= 4 is 5.91 Å². The van der Waals surface area contributed by atoms with Gasteiger partial charge in [-0.25, -0.2) is 4.39 Å². The molecule has 2 atom stereocenters. The predicted octanol–water partition coefficient (Wildman–Crippen LogP) is 1.65. The Bertz CT molecular complexity index is 449. The molecule has 96 valence electrons. The summed E-state index contributed by atoms with van der Waals surface area (Å²) >= 11 is 0. The van der Waals surface area contributed by atoms with E-state index in [0.717, 1.165) is 13.1 Å². The summed E-state index contributed by atoms with van der Waals surface area (Å²) in [6.07, 6.45) is 2.33. The highest BCUT2D eigenvalue weighted by molar-refractivity contribution is 5.94. The van der Waals surface area contributed by atoms with Crippen LogP contribution < -0.4 is 5.32 Å². The van der Waals surface area contributed by atoms with Gasteiger partial charge in [0.1, 0.15) is 5.82 Å². The topological polar surface area (TPSA) is 32.3 Å². The van der Waals surface area contributed by atoms with Crippen LogP contribution >= 0.6 is 0 Å².